The van der Waals surface area contributed by atoms with Gasteiger partial charge in [-0.05, 0) is 29.3 Å². The van der Waals surface area contributed by atoms with Gasteiger partial charge in [0, 0.05) is 30.3 Å². The van der Waals surface area contributed by atoms with E-state index in [0.717, 1.165) is 5.56 Å². The number of para-hydroxylation sites is 1. The highest BCUT2D eigenvalue weighted by Gasteiger charge is 2.41. The zero-order valence-corrected chi connectivity index (χ0v) is 13.6. The van der Waals surface area contributed by atoms with Crippen molar-refractivity contribution in [3.63, 3.8) is 0 Å². The molecule has 0 radical (unpaired) electrons. The van der Waals surface area contributed by atoms with Gasteiger partial charge in [-0.3, -0.25) is 10.1 Å². The number of non-ortho nitro benzene ring substituents is 1. The van der Waals surface area contributed by atoms with Crippen LogP contribution in [0.15, 0.2) is 54.6 Å². The van der Waals surface area contributed by atoms with Gasteiger partial charge in [-0.15, -0.1) is 0 Å². The second kappa shape index (κ2) is 5.54. The number of nitro groups is 1. The molecule has 0 fully saturated rings. The van der Waals surface area contributed by atoms with E-state index >= 15 is 0 Å². The van der Waals surface area contributed by atoms with Crippen molar-refractivity contribution < 1.29 is 4.92 Å². The first kappa shape index (κ1) is 15.3. The lowest BCUT2D eigenvalue weighted by Gasteiger charge is -2.29. The normalized spacial score (nSPS) is 19.1. The van der Waals surface area contributed by atoms with Crippen molar-refractivity contribution in [1.29, 1.82) is 0 Å². The molecule has 0 saturated carbocycles. The second-order valence-corrected chi connectivity index (χ2v) is 6.50. The lowest BCUT2D eigenvalue weighted by atomic mass is 9.80. The Kier molecular flexibility index (Phi) is 3.68. The third-order valence-corrected chi connectivity index (χ3v) is 4.71. The maximum atomic E-state index is 10.7. The second-order valence-electron chi connectivity index (χ2n) is 6.50. The zero-order valence-electron chi connectivity index (χ0n) is 13.6. The smallest absolute Gasteiger partial charge is 0.269 e. The van der Waals surface area contributed by atoms with Crippen molar-refractivity contribution >= 4 is 17.5 Å². The van der Waals surface area contributed by atoms with Gasteiger partial charge in [0.15, 0.2) is 0 Å². The molecule has 4 heteroatoms. The molecule has 2 aromatic rings. The number of hydrogen-bond acceptors (Lipinski definition) is 3. The molecule has 1 aliphatic rings. The van der Waals surface area contributed by atoms with Crippen LogP contribution in [0.2, 0.25) is 0 Å². The van der Waals surface area contributed by atoms with E-state index < -0.39 is 0 Å². The van der Waals surface area contributed by atoms with Crippen molar-refractivity contribution in [3.8, 4) is 0 Å². The van der Waals surface area contributed by atoms with Crippen molar-refractivity contribution in [3.05, 3.63) is 75.8 Å². The number of anilines is 1. The first-order chi connectivity index (χ1) is 10.9. The van der Waals surface area contributed by atoms with Crippen LogP contribution in [0.3, 0.4) is 0 Å². The average molecular weight is 308 g/mol. The Balaban J connectivity index is 1.87. The fourth-order valence-corrected chi connectivity index (χ4v) is 3.40. The molecule has 3 rings (SSSR count). The molecule has 1 atom stereocenters. The van der Waals surface area contributed by atoms with Crippen LogP contribution in [0.5, 0.6) is 0 Å². The summed E-state index contributed by atoms with van der Waals surface area (Å²) in [4.78, 5) is 12.6. The topological polar surface area (TPSA) is 46.4 Å². The largest absolute Gasteiger partial charge is 0.367 e. The Morgan fingerprint density at radius 2 is 1.78 bits per heavy atom. The molecule has 0 saturated heterocycles. The van der Waals surface area contributed by atoms with Gasteiger partial charge in [-0.25, -0.2) is 0 Å². The van der Waals surface area contributed by atoms with Gasteiger partial charge in [0.2, 0.25) is 0 Å². The molecule has 4 nitrogen and oxygen atoms in total. The van der Waals surface area contributed by atoms with Crippen molar-refractivity contribution in [2.75, 3.05) is 11.9 Å². The van der Waals surface area contributed by atoms with Crippen molar-refractivity contribution in [1.82, 2.24) is 0 Å². The maximum absolute atomic E-state index is 10.7. The number of likely N-dealkylation sites (N-methyl/N-ethyl adjacent to an activating group) is 1. The van der Waals surface area contributed by atoms with Crippen LogP contribution in [-0.2, 0) is 5.41 Å². The fourth-order valence-electron chi connectivity index (χ4n) is 3.40. The van der Waals surface area contributed by atoms with Crippen molar-refractivity contribution in [2.45, 2.75) is 25.3 Å². The summed E-state index contributed by atoms with van der Waals surface area (Å²) in [7, 11) is 2.11. The molecule has 0 aromatic heterocycles. The summed E-state index contributed by atoms with van der Waals surface area (Å²) < 4.78 is 0. The number of rotatable bonds is 3. The SMILES string of the molecule is CN1c2ccccc2C(C)(C)C1/C=C/c1ccc([N+](=O)[O-])cc1. The quantitative estimate of drug-likeness (QED) is 0.623. The molecule has 0 spiro atoms. The minimum atomic E-state index is -0.377. The summed E-state index contributed by atoms with van der Waals surface area (Å²) in [5.74, 6) is 0. The summed E-state index contributed by atoms with van der Waals surface area (Å²) in [5, 5.41) is 10.7. The van der Waals surface area contributed by atoms with Crippen LogP contribution in [0.25, 0.3) is 6.08 Å². The van der Waals surface area contributed by atoms with E-state index in [1.807, 2.05) is 6.08 Å². The molecule has 23 heavy (non-hydrogen) atoms. The molecule has 0 N–H and O–H groups in total. The zero-order chi connectivity index (χ0) is 16.6. The van der Waals surface area contributed by atoms with E-state index in [1.165, 1.54) is 23.4 Å². The van der Waals surface area contributed by atoms with E-state index in [4.69, 9.17) is 0 Å². The molecular weight excluding hydrogens is 288 g/mol. The van der Waals surface area contributed by atoms with E-state index in [-0.39, 0.29) is 22.1 Å². The van der Waals surface area contributed by atoms with Gasteiger partial charge in [-0.2, -0.15) is 0 Å². The lowest BCUT2D eigenvalue weighted by Crippen LogP contribution is -2.37. The van der Waals surface area contributed by atoms with Crippen LogP contribution in [0.4, 0.5) is 11.4 Å². The number of nitrogens with zero attached hydrogens (tertiary/aromatic N) is 2. The van der Waals surface area contributed by atoms with Crippen molar-refractivity contribution in [2.24, 2.45) is 0 Å². The van der Waals surface area contributed by atoms with Gasteiger partial charge in [0.25, 0.3) is 5.69 Å². The van der Waals surface area contributed by atoms with Crippen LogP contribution in [0.1, 0.15) is 25.0 Å². The molecular formula is C19H20N2O2. The molecule has 0 aliphatic carbocycles. The highest BCUT2D eigenvalue weighted by atomic mass is 16.6. The number of nitro benzene ring substituents is 1. The summed E-state index contributed by atoms with van der Waals surface area (Å²) in [6, 6.07) is 15.4. The Hall–Kier alpha value is -2.62. The van der Waals surface area contributed by atoms with Gasteiger partial charge < -0.3 is 4.90 Å². The summed E-state index contributed by atoms with van der Waals surface area (Å²) in [6.07, 6.45) is 4.22. The predicted octanol–water partition coefficient (Wildman–Crippen LogP) is 4.40. The molecule has 2 aromatic carbocycles. The first-order valence-corrected chi connectivity index (χ1v) is 7.66. The average Bonchev–Trinajstić information content (AvgIpc) is 2.73. The first-order valence-electron chi connectivity index (χ1n) is 7.66. The third kappa shape index (κ3) is 2.61. The molecule has 1 unspecified atom stereocenters. The standard InChI is InChI=1S/C19H20N2O2/c1-19(2)16-6-4-5-7-17(16)20(3)18(19)13-10-14-8-11-15(12-9-14)21(22)23/h4-13,18H,1-3H3/b13-10+. The van der Waals surface area contributed by atoms with Gasteiger partial charge >= 0.3 is 0 Å². The van der Waals surface area contributed by atoms with Gasteiger partial charge in [0.1, 0.15) is 0 Å². The summed E-state index contributed by atoms with van der Waals surface area (Å²) >= 11 is 0. The Morgan fingerprint density at radius 1 is 1.13 bits per heavy atom. The predicted molar refractivity (Wildman–Crippen MR) is 93.8 cm³/mol. The lowest BCUT2D eigenvalue weighted by molar-refractivity contribution is -0.384. The number of hydrogen-bond donors (Lipinski definition) is 0. The molecule has 1 heterocycles. The van der Waals surface area contributed by atoms with Crippen LogP contribution in [0, 0.1) is 10.1 Å². The molecule has 0 amide bonds. The van der Waals surface area contributed by atoms with E-state index in [0.29, 0.717) is 0 Å². The highest BCUT2D eigenvalue weighted by Crippen LogP contribution is 2.44. The molecule has 118 valence electrons. The maximum Gasteiger partial charge on any atom is 0.269 e. The highest BCUT2D eigenvalue weighted by molar-refractivity contribution is 5.66. The third-order valence-electron chi connectivity index (χ3n) is 4.71. The fraction of sp³-hybridized carbons (Fsp3) is 0.263. The summed E-state index contributed by atoms with van der Waals surface area (Å²) in [6.45, 7) is 4.50. The van der Waals surface area contributed by atoms with Crippen LogP contribution in [-0.4, -0.2) is 18.0 Å². The Bertz CT molecular complexity index is 763. The minimum Gasteiger partial charge on any atom is -0.367 e. The van der Waals surface area contributed by atoms with Gasteiger partial charge in [0.05, 0.1) is 11.0 Å². The van der Waals surface area contributed by atoms with E-state index in [2.05, 4.69) is 56.1 Å². The number of benzene rings is 2. The van der Waals surface area contributed by atoms with Gasteiger partial charge in [-0.1, -0.05) is 44.2 Å². The minimum absolute atomic E-state index is 0.0165. The van der Waals surface area contributed by atoms with Crippen LogP contribution < -0.4 is 4.90 Å². The van der Waals surface area contributed by atoms with Crippen LogP contribution >= 0.6 is 0 Å². The molecule has 1 aliphatic heterocycles. The summed E-state index contributed by atoms with van der Waals surface area (Å²) in [5.41, 5.74) is 3.71. The Labute approximate surface area is 136 Å². The van der Waals surface area contributed by atoms with E-state index in [1.54, 1.807) is 12.1 Å². The number of fused-ring (bicyclic) bond motifs is 1. The van der Waals surface area contributed by atoms with E-state index in [9.17, 15) is 10.1 Å². The molecule has 0 bridgehead atoms. The monoisotopic (exact) mass is 308 g/mol. The Morgan fingerprint density at radius 3 is 2.39 bits per heavy atom.